The van der Waals surface area contributed by atoms with Gasteiger partial charge in [-0.05, 0) is 75.8 Å². The number of allylic oxidation sites excluding steroid dienone is 2. The third kappa shape index (κ3) is 5.84. The summed E-state index contributed by atoms with van der Waals surface area (Å²) in [6.07, 6.45) is 2.01. The molecule has 0 saturated carbocycles. The fourth-order valence-corrected chi connectivity index (χ4v) is 4.84. The fourth-order valence-electron chi connectivity index (χ4n) is 3.85. The summed E-state index contributed by atoms with van der Waals surface area (Å²) in [4.78, 5) is 26.4. The first-order valence-corrected chi connectivity index (χ1v) is 13.4. The number of aromatic nitrogens is 2. The average molecular weight is 489 g/mol. The van der Waals surface area contributed by atoms with Crippen molar-refractivity contribution in [1.82, 2.24) is 9.78 Å². The number of benzene rings is 1. The number of hydrogen-bond donors (Lipinski definition) is 0. The predicted molar refractivity (Wildman–Crippen MR) is 134 cm³/mol. The van der Waals surface area contributed by atoms with Gasteiger partial charge in [-0.2, -0.15) is 5.10 Å². The van der Waals surface area contributed by atoms with Gasteiger partial charge < -0.3 is 4.74 Å². The van der Waals surface area contributed by atoms with Gasteiger partial charge in [0.25, 0.3) is 0 Å². The number of sulfone groups is 1. The highest BCUT2D eigenvalue weighted by atomic mass is 32.2. The standard InChI is InChI=1S/C26H36N2O5S/c1-10-11-22(29)33-26-24(19(8)27-28(26)14-15(2)3)25(30)20-12-13-21(34(9,31)32)23(18(20)7)17(6)16(4)5/h12-13,15H,10-11,14H2,1-9H3. The van der Waals surface area contributed by atoms with Gasteiger partial charge in [0, 0.05) is 24.8 Å². The van der Waals surface area contributed by atoms with Crippen LogP contribution in [0.3, 0.4) is 0 Å². The van der Waals surface area contributed by atoms with Crippen molar-refractivity contribution in [3.63, 3.8) is 0 Å². The van der Waals surface area contributed by atoms with Crippen molar-refractivity contribution < 1.29 is 22.7 Å². The van der Waals surface area contributed by atoms with Crippen LogP contribution in [0.15, 0.2) is 22.6 Å². The maximum atomic E-state index is 13.8. The highest BCUT2D eigenvalue weighted by Gasteiger charge is 2.29. The van der Waals surface area contributed by atoms with Crippen LogP contribution in [0.5, 0.6) is 5.88 Å². The van der Waals surface area contributed by atoms with Gasteiger partial charge in [0.15, 0.2) is 9.84 Å². The van der Waals surface area contributed by atoms with Crippen LogP contribution in [0.2, 0.25) is 0 Å². The Balaban J connectivity index is 2.79. The first-order chi connectivity index (χ1) is 15.7. The van der Waals surface area contributed by atoms with Gasteiger partial charge in [-0.15, -0.1) is 0 Å². The monoisotopic (exact) mass is 488 g/mol. The van der Waals surface area contributed by atoms with E-state index in [1.807, 2.05) is 41.5 Å². The summed E-state index contributed by atoms with van der Waals surface area (Å²) in [7, 11) is -3.52. The summed E-state index contributed by atoms with van der Waals surface area (Å²) >= 11 is 0. The van der Waals surface area contributed by atoms with Gasteiger partial charge in [-0.3, -0.25) is 9.59 Å². The molecule has 0 aliphatic rings. The van der Waals surface area contributed by atoms with E-state index in [1.54, 1.807) is 18.5 Å². The number of esters is 1. The van der Waals surface area contributed by atoms with E-state index in [0.717, 1.165) is 17.4 Å². The molecule has 7 nitrogen and oxygen atoms in total. The van der Waals surface area contributed by atoms with Crippen molar-refractivity contribution in [2.24, 2.45) is 5.92 Å². The molecule has 0 fully saturated rings. The molecule has 0 atom stereocenters. The molecule has 0 aliphatic heterocycles. The fraction of sp³-hybridized carbons (Fsp3) is 0.500. The lowest BCUT2D eigenvalue weighted by atomic mass is 9.91. The predicted octanol–water partition coefficient (Wildman–Crippen LogP) is 5.31. The molecular formula is C26H36N2O5S. The molecule has 0 aliphatic carbocycles. The Morgan fingerprint density at radius 2 is 1.71 bits per heavy atom. The molecule has 1 heterocycles. The Morgan fingerprint density at radius 3 is 2.21 bits per heavy atom. The lowest BCUT2D eigenvalue weighted by Gasteiger charge is -2.17. The minimum absolute atomic E-state index is 0.140. The summed E-state index contributed by atoms with van der Waals surface area (Å²) in [5.74, 6) is -0.422. The second-order valence-corrected chi connectivity index (χ2v) is 11.4. The largest absolute Gasteiger partial charge is 0.407 e. The van der Waals surface area contributed by atoms with Crippen molar-refractivity contribution in [3.8, 4) is 5.88 Å². The molecule has 0 bridgehead atoms. The van der Waals surface area contributed by atoms with Gasteiger partial charge in [0.2, 0.25) is 11.7 Å². The SMILES string of the molecule is CCCC(=O)Oc1c(C(=O)c2ccc(S(C)(=O)=O)c(C(C)=C(C)C)c2C)c(C)nn1CC(C)C. The van der Waals surface area contributed by atoms with Crippen LogP contribution in [0.4, 0.5) is 0 Å². The quantitative estimate of drug-likeness (QED) is 0.351. The number of carbonyl (C=O) groups excluding carboxylic acids is 2. The molecule has 34 heavy (non-hydrogen) atoms. The van der Waals surface area contributed by atoms with Crippen LogP contribution in [0.25, 0.3) is 5.57 Å². The summed E-state index contributed by atoms with van der Waals surface area (Å²) in [6.45, 7) is 15.5. The Morgan fingerprint density at radius 1 is 1.09 bits per heavy atom. The maximum absolute atomic E-state index is 13.8. The number of nitrogens with zero attached hydrogens (tertiary/aromatic N) is 2. The van der Waals surface area contributed by atoms with Crippen molar-refractivity contribution in [1.29, 1.82) is 0 Å². The first-order valence-electron chi connectivity index (χ1n) is 11.5. The van der Waals surface area contributed by atoms with Gasteiger partial charge >= 0.3 is 5.97 Å². The first kappa shape index (κ1) is 27.5. The zero-order chi connectivity index (χ0) is 26.0. The van der Waals surface area contributed by atoms with Crippen LogP contribution >= 0.6 is 0 Å². The Hall–Kier alpha value is -2.74. The molecule has 0 radical (unpaired) electrons. The molecule has 0 amide bonds. The number of ether oxygens (including phenoxy) is 1. The second-order valence-electron chi connectivity index (χ2n) is 9.40. The molecule has 0 spiro atoms. The zero-order valence-corrected chi connectivity index (χ0v) is 22.5. The highest BCUT2D eigenvalue weighted by Crippen LogP contribution is 2.34. The molecule has 186 valence electrons. The van der Waals surface area contributed by atoms with Crippen LogP contribution in [0, 0.1) is 19.8 Å². The van der Waals surface area contributed by atoms with Crippen molar-refractivity contribution in [2.75, 3.05) is 6.26 Å². The summed E-state index contributed by atoms with van der Waals surface area (Å²) in [6, 6.07) is 3.01. The van der Waals surface area contributed by atoms with E-state index in [4.69, 9.17) is 4.74 Å². The number of ketones is 1. The van der Waals surface area contributed by atoms with Crippen LogP contribution in [-0.4, -0.2) is 36.2 Å². The lowest BCUT2D eigenvalue weighted by Crippen LogP contribution is -2.16. The Kier molecular flexibility index (Phi) is 8.64. The number of carbonyl (C=O) groups is 2. The average Bonchev–Trinajstić information content (AvgIpc) is 2.99. The lowest BCUT2D eigenvalue weighted by molar-refractivity contribution is -0.134. The Bertz CT molecular complexity index is 1250. The molecule has 0 saturated heterocycles. The van der Waals surface area contributed by atoms with E-state index in [1.165, 1.54) is 12.1 Å². The summed E-state index contributed by atoms with van der Waals surface area (Å²) in [5.41, 5.74) is 3.88. The van der Waals surface area contributed by atoms with Crippen molar-refractivity contribution >= 4 is 27.2 Å². The molecule has 2 aromatic rings. The maximum Gasteiger partial charge on any atom is 0.312 e. The molecule has 0 N–H and O–H groups in total. The van der Waals surface area contributed by atoms with Gasteiger partial charge in [0.05, 0.1) is 10.6 Å². The molecule has 0 unspecified atom stereocenters. The van der Waals surface area contributed by atoms with Gasteiger partial charge in [-0.25, -0.2) is 13.1 Å². The van der Waals surface area contributed by atoms with E-state index < -0.39 is 15.8 Å². The van der Waals surface area contributed by atoms with Crippen LogP contribution in [-0.2, 0) is 21.2 Å². The minimum Gasteiger partial charge on any atom is -0.407 e. The molecule has 1 aromatic heterocycles. The Labute approximate surface area is 203 Å². The number of aryl methyl sites for hydroxylation is 1. The molecule has 2 rings (SSSR count). The number of hydrogen-bond acceptors (Lipinski definition) is 6. The second kappa shape index (κ2) is 10.7. The normalized spacial score (nSPS) is 11.6. The van der Waals surface area contributed by atoms with E-state index >= 15 is 0 Å². The van der Waals surface area contributed by atoms with Gasteiger partial charge in [-0.1, -0.05) is 26.3 Å². The minimum atomic E-state index is -3.52. The van der Waals surface area contributed by atoms with E-state index in [-0.39, 0.29) is 34.5 Å². The molecule has 8 heteroatoms. The van der Waals surface area contributed by atoms with E-state index in [9.17, 15) is 18.0 Å². The third-order valence-corrected chi connectivity index (χ3v) is 6.85. The summed E-state index contributed by atoms with van der Waals surface area (Å²) in [5, 5.41) is 4.50. The smallest absolute Gasteiger partial charge is 0.312 e. The van der Waals surface area contributed by atoms with Crippen molar-refractivity contribution in [2.45, 2.75) is 79.7 Å². The van der Waals surface area contributed by atoms with Gasteiger partial charge in [0.1, 0.15) is 5.56 Å². The van der Waals surface area contributed by atoms with Crippen molar-refractivity contribution in [3.05, 3.63) is 45.7 Å². The summed E-state index contributed by atoms with van der Waals surface area (Å²) < 4.78 is 32.2. The molecular weight excluding hydrogens is 452 g/mol. The zero-order valence-electron chi connectivity index (χ0n) is 21.7. The third-order valence-electron chi connectivity index (χ3n) is 5.71. The van der Waals surface area contributed by atoms with E-state index in [2.05, 4.69) is 5.10 Å². The topological polar surface area (TPSA) is 95.3 Å². The highest BCUT2D eigenvalue weighted by molar-refractivity contribution is 7.90. The van der Waals surface area contributed by atoms with Crippen LogP contribution in [0.1, 0.15) is 87.1 Å². The molecule has 1 aromatic carbocycles. The van der Waals surface area contributed by atoms with E-state index in [0.29, 0.717) is 35.3 Å². The van der Waals surface area contributed by atoms with Crippen LogP contribution < -0.4 is 4.74 Å². The number of rotatable bonds is 9.